The molecule has 0 atom stereocenters. The molecular weight excluding hydrogens is 272 g/mol. The molecule has 0 fully saturated rings. The molecule has 2 aromatic rings. The Labute approximate surface area is 123 Å². The van der Waals surface area contributed by atoms with Crippen LogP contribution in [0.5, 0.6) is 5.75 Å². The van der Waals surface area contributed by atoms with E-state index in [2.05, 4.69) is 10.2 Å². The molecule has 5 nitrogen and oxygen atoms in total. The first-order valence-corrected chi connectivity index (χ1v) is 6.49. The molecule has 0 spiro atoms. The highest BCUT2D eigenvalue weighted by Gasteiger charge is 2.13. The van der Waals surface area contributed by atoms with Crippen LogP contribution in [0.4, 0.5) is 5.82 Å². The number of nitrogens with zero attached hydrogens (tertiary/aromatic N) is 3. The summed E-state index contributed by atoms with van der Waals surface area (Å²) in [5.41, 5.74) is 7.48. The second kappa shape index (κ2) is 6.29. The third-order valence-corrected chi connectivity index (χ3v) is 3.15. The highest BCUT2D eigenvalue weighted by Crippen LogP contribution is 2.22. The lowest BCUT2D eigenvalue weighted by Crippen LogP contribution is -2.23. The van der Waals surface area contributed by atoms with E-state index >= 15 is 0 Å². The maximum Gasteiger partial charge on any atom is 0.161 e. The van der Waals surface area contributed by atoms with E-state index in [1.807, 2.05) is 36.2 Å². The van der Waals surface area contributed by atoms with E-state index < -0.39 is 0 Å². The van der Waals surface area contributed by atoms with Crippen molar-refractivity contribution >= 4 is 23.0 Å². The number of hydrogen-bond acceptors (Lipinski definition) is 5. The number of methoxy groups -OCH3 is 1. The number of rotatable bonds is 5. The molecule has 0 saturated carbocycles. The number of para-hydroxylation sites is 1. The first-order valence-electron chi connectivity index (χ1n) is 6.08. The van der Waals surface area contributed by atoms with Crippen LogP contribution >= 0.6 is 12.2 Å². The van der Waals surface area contributed by atoms with E-state index in [1.54, 1.807) is 19.4 Å². The Hall–Kier alpha value is -2.21. The van der Waals surface area contributed by atoms with E-state index in [4.69, 9.17) is 22.7 Å². The summed E-state index contributed by atoms with van der Waals surface area (Å²) < 4.78 is 5.35. The van der Waals surface area contributed by atoms with Crippen molar-refractivity contribution in [3.8, 4) is 5.75 Å². The van der Waals surface area contributed by atoms with Gasteiger partial charge in [-0.1, -0.05) is 30.4 Å². The lowest BCUT2D eigenvalue weighted by Gasteiger charge is -2.21. The molecule has 0 aliphatic carbocycles. The van der Waals surface area contributed by atoms with Crippen LogP contribution in [0.25, 0.3) is 0 Å². The van der Waals surface area contributed by atoms with E-state index in [-0.39, 0.29) is 0 Å². The summed E-state index contributed by atoms with van der Waals surface area (Å²) in [4.78, 5) is 2.25. The summed E-state index contributed by atoms with van der Waals surface area (Å²) in [6.45, 7) is 0.623. The summed E-state index contributed by atoms with van der Waals surface area (Å²) in [5, 5.41) is 8.01. The summed E-state index contributed by atoms with van der Waals surface area (Å²) in [7, 11) is 3.57. The fourth-order valence-corrected chi connectivity index (χ4v) is 2.12. The van der Waals surface area contributed by atoms with Gasteiger partial charge in [-0.05, 0) is 12.1 Å². The minimum Gasteiger partial charge on any atom is -0.496 e. The van der Waals surface area contributed by atoms with Crippen molar-refractivity contribution in [3.05, 3.63) is 47.7 Å². The second-order valence-corrected chi connectivity index (χ2v) is 4.74. The summed E-state index contributed by atoms with van der Waals surface area (Å²) >= 11 is 5.04. The van der Waals surface area contributed by atoms with Gasteiger partial charge in [0.25, 0.3) is 0 Å². The largest absolute Gasteiger partial charge is 0.496 e. The number of nitrogens with two attached hydrogens (primary N) is 1. The molecule has 0 bridgehead atoms. The third kappa shape index (κ3) is 3.03. The molecule has 0 amide bonds. The molecule has 2 rings (SSSR count). The molecule has 0 aliphatic heterocycles. The first-order chi connectivity index (χ1) is 9.63. The number of anilines is 1. The molecule has 1 aromatic heterocycles. The Morgan fingerprint density at radius 2 is 2.10 bits per heavy atom. The van der Waals surface area contributed by atoms with E-state index in [9.17, 15) is 0 Å². The van der Waals surface area contributed by atoms with Gasteiger partial charge in [0, 0.05) is 19.2 Å². The monoisotopic (exact) mass is 288 g/mol. The first kappa shape index (κ1) is 14.2. The van der Waals surface area contributed by atoms with Crippen molar-refractivity contribution in [3.63, 3.8) is 0 Å². The van der Waals surface area contributed by atoms with Crippen LogP contribution in [0.1, 0.15) is 11.1 Å². The van der Waals surface area contributed by atoms with Crippen molar-refractivity contribution in [1.29, 1.82) is 0 Å². The topological polar surface area (TPSA) is 64.3 Å². The van der Waals surface area contributed by atoms with Gasteiger partial charge in [-0.25, -0.2) is 0 Å². The molecule has 2 N–H and O–H groups in total. The number of thiocarbonyl (C=S) groups is 1. The summed E-state index contributed by atoms with van der Waals surface area (Å²) in [6, 6.07) is 9.60. The molecule has 0 unspecified atom stereocenters. The average Bonchev–Trinajstić information content (AvgIpc) is 2.47. The van der Waals surface area contributed by atoms with Crippen molar-refractivity contribution in [2.24, 2.45) is 5.73 Å². The normalized spacial score (nSPS) is 10.1. The summed E-state index contributed by atoms with van der Waals surface area (Å²) in [5.74, 6) is 1.49. The van der Waals surface area contributed by atoms with Gasteiger partial charge >= 0.3 is 0 Å². The Morgan fingerprint density at radius 3 is 2.80 bits per heavy atom. The Morgan fingerprint density at radius 1 is 1.35 bits per heavy atom. The minimum atomic E-state index is 0.307. The molecule has 104 valence electrons. The second-order valence-electron chi connectivity index (χ2n) is 4.30. The molecule has 1 aromatic carbocycles. The quantitative estimate of drug-likeness (QED) is 0.846. The lowest BCUT2D eigenvalue weighted by atomic mass is 10.2. The van der Waals surface area contributed by atoms with Gasteiger partial charge in [0.15, 0.2) is 5.82 Å². The minimum absolute atomic E-state index is 0.307. The van der Waals surface area contributed by atoms with E-state index in [0.717, 1.165) is 11.3 Å². The zero-order valence-electron chi connectivity index (χ0n) is 11.4. The maximum atomic E-state index is 5.71. The van der Waals surface area contributed by atoms with Crippen LogP contribution in [-0.2, 0) is 6.54 Å². The molecule has 0 aliphatic rings. The number of aromatic nitrogens is 2. The molecule has 6 heteroatoms. The fraction of sp³-hybridized carbons (Fsp3) is 0.214. The Balaban J connectivity index is 2.29. The van der Waals surface area contributed by atoms with Crippen molar-refractivity contribution in [1.82, 2.24) is 10.2 Å². The van der Waals surface area contributed by atoms with Crippen molar-refractivity contribution in [2.75, 3.05) is 19.1 Å². The van der Waals surface area contributed by atoms with Crippen LogP contribution in [-0.4, -0.2) is 29.3 Å². The number of ether oxygens (including phenoxy) is 1. The SMILES string of the molecule is COc1ccccc1CN(C)c1nnccc1C(N)=S. The standard InChI is InChI=1S/C14H16N4OS/c1-18(9-10-5-3-4-6-12(10)19-2)14-11(13(15)20)7-8-16-17-14/h3-8H,9H2,1-2H3,(H2,15,20). The average molecular weight is 288 g/mol. The molecule has 1 heterocycles. The molecule has 20 heavy (non-hydrogen) atoms. The fourth-order valence-electron chi connectivity index (χ4n) is 1.96. The highest BCUT2D eigenvalue weighted by molar-refractivity contribution is 7.80. The van der Waals surface area contributed by atoms with Crippen LogP contribution in [0.3, 0.4) is 0 Å². The smallest absolute Gasteiger partial charge is 0.161 e. The highest BCUT2D eigenvalue weighted by atomic mass is 32.1. The van der Waals surface area contributed by atoms with Crippen molar-refractivity contribution < 1.29 is 4.74 Å². The Bertz CT molecular complexity index is 618. The lowest BCUT2D eigenvalue weighted by molar-refractivity contribution is 0.409. The molecular formula is C14H16N4OS. The van der Waals surface area contributed by atoms with Gasteiger partial charge in [0.2, 0.25) is 0 Å². The summed E-state index contributed by atoms with van der Waals surface area (Å²) in [6.07, 6.45) is 1.58. The van der Waals surface area contributed by atoms with Crippen LogP contribution in [0, 0.1) is 0 Å². The number of hydrogen-bond donors (Lipinski definition) is 1. The van der Waals surface area contributed by atoms with Crippen LogP contribution in [0.15, 0.2) is 36.5 Å². The van der Waals surface area contributed by atoms with Gasteiger partial charge in [-0.15, -0.1) is 5.10 Å². The zero-order valence-corrected chi connectivity index (χ0v) is 12.2. The van der Waals surface area contributed by atoms with E-state index in [0.29, 0.717) is 22.9 Å². The molecule has 0 saturated heterocycles. The molecule has 0 radical (unpaired) electrons. The maximum absolute atomic E-state index is 5.71. The number of benzene rings is 1. The Kier molecular flexibility index (Phi) is 4.47. The predicted molar refractivity (Wildman–Crippen MR) is 83.0 cm³/mol. The van der Waals surface area contributed by atoms with Gasteiger partial charge in [-0.2, -0.15) is 5.10 Å². The van der Waals surface area contributed by atoms with Crippen LogP contribution < -0.4 is 15.4 Å². The van der Waals surface area contributed by atoms with Gasteiger partial charge in [0.1, 0.15) is 10.7 Å². The predicted octanol–water partition coefficient (Wildman–Crippen LogP) is 1.76. The zero-order chi connectivity index (χ0) is 14.5. The van der Waals surface area contributed by atoms with Crippen LogP contribution in [0.2, 0.25) is 0 Å². The van der Waals surface area contributed by atoms with Gasteiger partial charge in [0.05, 0.1) is 18.9 Å². The van der Waals surface area contributed by atoms with E-state index in [1.165, 1.54) is 0 Å². The third-order valence-electron chi connectivity index (χ3n) is 2.93. The van der Waals surface area contributed by atoms with Crippen molar-refractivity contribution in [2.45, 2.75) is 6.54 Å². The van der Waals surface area contributed by atoms with Gasteiger partial charge < -0.3 is 15.4 Å². The van der Waals surface area contributed by atoms with Gasteiger partial charge in [-0.3, -0.25) is 0 Å².